The van der Waals surface area contributed by atoms with Gasteiger partial charge in [0.15, 0.2) is 5.82 Å². The number of carbonyl (C=O) groups is 1. The van der Waals surface area contributed by atoms with Gasteiger partial charge in [-0.15, -0.1) is 12.4 Å². The molecule has 1 atom stereocenters. The number of halogens is 1. The van der Waals surface area contributed by atoms with E-state index >= 15 is 0 Å². The van der Waals surface area contributed by atoms with Crippen LogP contribution in [0.2, 0.25) is 0 Å². The minimum absolute atomic E-state index is 0. The summed E-state index contributed by atoms with van der Waals surface area (Å²) in [6, 6.07) is 8.45. The number of ether oxygens (including phenoxy) is 1. The number of anilines is 1. The number of aryl methyl sites for hydroxylation is 1. The van der Waals surface area contributed by atoms with Gasteiger partial charge in [-0.2, -0.15) is 0 Å². The molecule has 0 spiro atoms. The van der Waals surface area contributed by atoms with Crippen molar-refractivity contribution in [1.82, 2.24) is 9.97 Å². The van der Waals surface area contributed by atoms with Crippen LogP contribution >= 0.6 is 12.4 Å². The second-order valence-electron chi connectivity index (χ2n) is 4.65. The third-order valence-electron chi connectivity index (χ3n) is 2.87. The molecule has 2 rings (SSSR count). The van der Waals surface area contributed by atoms with E-state index < -0.39 is 6.04 Å². The number of benzene rings is 1. The molecule has 0 fully saturated rings. The molecule has 0 saturated heterocycles. The molecule has 0 bridgehead atoms. The Morgan fingerprint density at radius 2 is 2.18 bits per heavy atom. The fraction of sp³-hybridized carbons (Fsp3) is 0.267. The van der Waals surface area contributed by atoms with Gasteiger partial charge >= 0.3 is 0 Å². The molecule has 118 valence electrons. The topological polar surface area (TPSA) is 90.1 Å². The smallest absolute Gasteiger partial charge is 0.243 e. The number of methoxy groups -OCH3 is 1. The quantitative estimate of drug-likeness (QED) is 0.875. The first kappa shape index (κ1) is 18.0. The number of nitrogens with two attached hydrogens (primary N) is 1. The molecule has 7 heteroatoms. The number of amides is 1. The van der Waals surface area contributed by atoms with Crippen molar-refractivity contribution in [3.05, 3.63) is 42.2 Å². The van der Waals surface area contributed by atoms with Crippen LogP contribution in [0.15, 0.2) is 36.5 Å². The van der Waals surface area contributed by atoms with E-state index in [4.69, 9.17) is 10.5 Å². The number of hydrogen-bond acceptors (Lipinski definition) is 5. The first-order chi connectivity index (χ1) is 10.1. The summed E-state index contributed by atoms with van der Waals surface area (Å²) in [6.07, 6.45) is 1.71. The molecule has 2 aromatic rings. The van der Waals surface area contributed by atoms with Gasteiger partial charge in [0.25, 0.3) is 0 Å². The normalized spacial score (nSPS) is 11.4. The van der Waals surface area contributed by atoms with E-state index in [2.05, 4.69) is 15.3 Å². The van der Waals surface area contributed by atoms with Crippen LogP contribution in [-0.4, -0.2) is 35.6 Å². The summed E-state index contributed by atoms with van der Waals surface area (Å²) in [5, 5.41) is 2.75. The molecule has 22 heavy (non-hydrogen) atoms. The molecule has 1 amide bonds. The number of aromatic nitrogens is 2. The highest BCUT2D eigenvalue weighted by Gasteiger charge is 2.13. The van der Waals surface area contributed by atoms with Crippen molar-refractivity contribution in [2.45, 2.75) is 13.0 Å². The van der Waals surface area contributed by atoms with Gasteiger partial charge in [-0.05, 0) is 25.1 Å². The summed E-state index contributed by atoms with van der Waals surface area (Å²) in [7, 11) is 1.50. The van der Waals surface area contributed by atoms with Crippen LogP contribution in [0.3, 0.4) is 0 Å². The van der Waals surface area contributed by atoms with Crippen molar-refractivity contribution in [3.8, 4) is 11.4 Å². The van der Waals surface area contributed by atoms with E-state index in [1.165, 1.54) is 7.11 Å². The summed E-state index contributed by atoms with van der Waals surface area (Å²) in [5.74, 6) is 0.325. The summed E-state index contributed by atoms with van der Waals surface area (Å²) in [5.41, 5.74) is 8.05. The molecule has 1 aromatic carbocycles. The first-order valence-electron chi connectivity index (χ1n) is 6.55. The zero-order valence-corrected chi connectivity index (χ0v) is 13.3. The summed E-state index contributed by atoms with van der Waals surface area (Å²) < 4.78 is 4.86. The molecule has 0 aliphatic heterocycles. The molecular formula is C15H19ClN4O2. The number of nitrogens with zero attached hydrogens (tertiary/aromatic N) is 2. The van der Waals surface area contributed by atoms with Crippen LogP contribution in [0.1, 0.15) is 5.69 Å². The molecule has 0 radical (unpaired) electrons. The molecular weight excluding hydrogens is 304 g/mol. The number of hydrogen-bond donors (Lipinski definition) is 2. The lowest BCUT2D eigenvalue weighted by Gasteiger charge is -2.12. The maximum Gasteiger partial charge on any atom is 0.243 e. The lowest BCUT2D eigenvalue weighted by Crippen LogP contribution is -2.39. The fourth-order valence-corrected chi connectivity index (χ4v) is 1.81. The van der Waals surface area contributed by atoms with Crippen molar-refractivity contribution in [3.63, 3.8) is 0 Å². The Morgan fingerprint density at radius 3 is 2.86 bits per heavy atom. The molecule has 1 aromatic heterocycles. The zero-order chi connectivity index (χ0) is 15.2. The van der Waals surface area contributed by atoms with E-state index in [-0.39, 0.29) is 24.9 Å². The van der Waals surface area contributed by atoms with E-state index in [1.54, 1.807) is 12.3 Å². The Labute approximate surface area is 135 Å². The molecule has 6 nitrogen and oxygen atoms in total. The maximum absolute atomic E-state index is 11.9. The molecule has 0 saturated carbocycles. The SMILES string of the molecule is COCC(N)C(=O)Nc1cccc(-c2nccc(C)n2)c1.Cl. The Kier molecular flexibility index (Phi) is 6.91. The highest BCUT2D eigenvalue weighted by Crippen LogP contribution is 2.19. The Hall–Kier alpha value is -2.02. The zero-order valence-electron chi connectivity index (χ0n) is 12.4. The lowest BCUT2D eigenvalue weighted by molar-refractivity contribution is -0.118. The number of rotatable bonds is 5. The van der Waals surface area contributed by atoms with Gasteiger partial charge in [0, 0.05) is 30.3 Å². The molecule has 1 heterocycles. The van der Waals surface area contributed by atoms with E-state index in [1.807, 2.05) is 31.2 Å². The van der Waals surface area contributed by atoms with E-state index in [0.717, 1.165) is 11.3 Å². The Bertz CT molecular complexity index is 636. The standard InChI is InChI=1S/C15H18N4O2.ClH/c1-10-6-7-17-14(18-10)11-4-3-5-12(8-11)19-15(20)13(16)9-21-2;/h3-8,13H,9,16H2,1-2H3,(H,19,20);1H. The summed E-state index contributed by atoms with van der Waals surface area (Å²) >= 11 is 0. The predicted octanol–water partition coefficient (Wildman–Crippen LogP) is 1.79. The van der Waals surface area contributed by atoms with Gasteiger partial charge in [0.1, 0.15) is 6.04 Å². The minimum atomic E-state index is -0.700. The van der Waals surface area contributed by atoms with Gasteiger partial charge in [-0.1, -0.05) is 12.1 Å². The van der Waals surface area contributed by atoms with Gasteiger partial charge in [0.05, 0.1) is 6.61 Å². The van der Waals surface area contributed by atoms with E-state index in [0.29, 0.717) is 11.5 Å². The average Bonchev–Trinajstić information content (AvgIpc) is 2.48. The Morgan fingerprint density at radius 1 is 1.41 bits per heavy atom. The predicted molar refractivity (Wildman–Crippen MR) is 87.9 cm³/mol. The molecule has 0 aliphatic rings. The van der Waals surface area contributed by atoms with Crippen LogP contribution in [0.25, 0.3) is 11.4 Å². The summed E-state index contributed by atoms with van der Waals surface area (Å²) in [4.78, 5) is 20.4. The van der Waals surface area contributed by atoms with Gasteiger partial charge < -0.3 is 15.8 Å². The van der Waals surface area contributed by atoms with Crippen LogP contribution in [0.4, 0.5) is 5.69 Å². The van der Waals surface area contributed by atoms with Gasteiger partial charge in [-0.3, -0.25) is 4.79 Å². The van der Waals surface area contributed by atoms with Crippen LogP contribution < -0.4 is 11.1 Å². The van der Waals surface area contributed by atoms with Crippen LogP contribution in [-0.2, 0) is 9.53 Å². The number of carbonyl (C=O) groups excluding carboxylic acids is 1. The second kappa shape index (κ2) is 8.43. The van der Waals surface area contributed by atoms with Crippen molar-refractivity contribution in [2.24, 2.45) is 5.73 Å². The van der Waals surface area contributed by atoms with Gasteiger partial charge in [-0.25, -0.2) is 9.97 Å². The van der Waals surface area contributed by atoms with Crippen LogP contribution in [0, 0.1) is 6.92 Å². The number of nitrogens with one attached hydrogen (secondary N) is 1. The van der Waals surface area contributed by atoms with Crippen molar-refractivity contribution < 1.29 is 9.53 Å². The molecule has 3 N–H and O–H groups in total. The highest BCUT2D eigenvalue weighted by atomic mass is 35.5. The molecule has 1 unspecified atom stereocenters. The third-order valence-corrected chi connectivity index (χ3v) is 2.87. The van der Waals surface area contributed by atoms with Gasteiger partial charge in [0.2, 0.25) is 5.91 Å². The second-order valence-corrected chi connectivity index (χ2v) is 4.65. The third kappa shape index (κ3) is 4.77. The van der Waals surface area contributed by atoms with Crippen molar-refractivity contribution >= 4 is 24.0 Å². The van der Waals surface area contributed by atoms with E-state index in [9.17, 15) is 4.79 Å². The highest BCUT2D eigenvalue weighted by molar-refractivity contribution is 5.95. The minimum Gasteiger partial charge on any atom is -0.383 e. The summed E-state index contributed by atoms with van der Waals surface area (Å²) in [6.45, 7) is 2.08. The largest absolute Gasteiger partial charge is 0.383 e. The van der Waals surface area contributed by atoms with Crippen molar-refractivity contribution in [2.75, 3.05) is 19.0 Å². The van der Waals surface area contributed by atoms with Crippen LogP contribution in [0.5, 0.6) is 0 Å². The first-order valence-corrected chi connectivity index (χ1v) is 6.55. The molecule has 0 aliphatic carbocycles. The monoisotopic (exact) mass is 322 g/mol. The van der Waals surface area contributed by atoms with Crippen molar-refractivity contribution in [1.29, 1.82) is 0 Å². The fourth-order valence-electron chi connectivity index (χ4n) is 1.81. The maximum atomic E-state index is 11.9. The average molecular weight is 323 g/mol. The Balaban J connectivity index is 0.00000242. The lowest BCUT2D eigenvalue weighted by atomic mass is 10.1.